The van der Waals surface area contributed by atoms with Crippen LogP contribution >= 0.6 is 11.6 Å². The van der Waals surface area contributed by atoms with Gasteiger partial charge in [0.1, 0.15) is 5.76 Å². The SMILES string of the molecule is Cc1cc2oc(Cl)c(C)c2o1. The van der Waals surface area contributed by atoms with Gasteiger partial charge in [0.15, 0.2) is 11.2 Å². The fourth-order valence-electron chi connectivity index (χ4n) is 1.09. The molecule has 0 spiro atoms. The summed E-state index contributed by atoms with van der Waals surface area (Å²) in [5, 5.41) is 0.416. The second-order valence-corrected chi connectivity index (χ2v) is 2.89. The van der Waals surface area contributed by atoms with Crippen molar-refractivity contribution in [2.75, 3.05) is 0 Å². The van der Waals surface area contributed by atoms with Crippen LogP contribution in [0.4, 0.5) is 0 Å². The lowest BCUT2D eigenvalue weighted by atomic mass is 10.3. The van der Waals surface area contributed by atoms with Crippen LogP contribution in [0.5, 0.6) is 0 Å². The van der Waals surface area contributed by atoms with Gasteiger partial charge in [-0.05, 0) is 25.4 Å². The first-order valence-electron chi connectivity index (χ1n) is 3.33. The molecule has 2 aromatic heterocycles. The van der Waals surface area contributed by atoms with E-state index in [0.29, 0.717) is 5.22 Å². The second kappa shape index (κ2) is 2.05. The van der Waals surface area contributed by atoms with Crippen molar-refractivity contribution in [2.45, 2.75) is 13.8 Å². The first kappa shape index (κ1) is 6.80. The molecule has 11 heavy (non-hydrogen) atoms. The molecule has 0 atom stereocenters. The molecule has 0 aliphatic rings. The van der Waals surface area contributed by atoms with E-state index in [4.69, 9.17) is 20.4 Å². The van der Waals surface area contributed by atoms with Crippen molar-refractivity contribution in [3.05, 3.63) is 22.6 Å². The summed E-state index contributed by atoms with van der Waals surface area (Å²) in [6.45, 7) is 3.75. The molecule has 2 rings (SSSR count). The third-order valence-corrected chi connectivity index (χ3v) is 2.02. The number of furan rings is 2. The predicted octanol–water partition coefficient (Wildman–Crippen LogP) is 3.30. The quantitative estimate of drug-likeness (QED) is 0.607. The largest absolute Gasteiger partial charge is 0.457 e. The van der Waals surface area contributed by atoms with Crippen LogP contribution in [-0.4, -0.2) is 0 Å². The van der Waals surface area contributed by atoms with Gasteiger partial charge < -0.3 is 8.83 Å². The van der Waals surface area contributed by atoms with Crippen molar-refractivity contribution in [3.63, 3.8) is 0 Å². The van der Waals surface area contributed by atoms with Crippen molar-refractivity contribution in [3.8, 4) is 0 Å². The zero-order chi connectivity index (χ0) is 8.01. The Morgan fingerprint density at radius 1 is 1.27 bits per heavy atom. The molecule has 2 aromatic rings. The molecule has 0 saturated heterocycles. The van der Waals surface area contributed by atoms with Gasteiger partial charge in [-0.15, -0.1) is 0 Å². The summed E-state index contributed by atoms with van der Waals surface area (Å²) in [6, 6.07) is 1.83. The molecule has 0 aliphatic carbocycles. The standard InChI is InChI=1S/C8H7ClO2/c1-4-3-6-7(10-4)5(2)8(9)11-6/h3H,1-2H3. The fraction of sp³-hybridized carbons (Fsp3) is 0.250. The minimum absolute atomic E-state index is 0.416. The first-order chi connectivity index (χ1) is 5.18. The van der Waals surface area contributed by atoms with Crippen molar-refractivity contribution >= 4 is 22.8 Å². The maximum absolute atomic E-state index is 5.72. The summed E-state index contributed by atoms with van der Waals surface area (Å²) in [5.74, 6) is 0.846. The zero-order valence-corrected chi connectivity index (χ0v) is 7.03. The lowest BCUT2D eigenvalue weighted by molar-refractivity contribution is 0.576. The van der Waals surface area contributed by atoms with Gasteiger partial charge in [-0.3, -0.25) is 0 Å². The Hall–Kier alpha value is -0.890. The summed E-state index contributed by atoms with van der Waals surface area (Å²) in [6.07, 6.45) is 0. The van der Waals surface area contributed by atoms with Gasteiger partial charge in [0.25, 0.3) is 0 Å². The highest BCUT2D eigenvalue weighted by atomic mass is 35.5. The lowest BCUT2D eigenvalue weighted by Crippen LogP contribution is -1.62. The van der Waals surface area contributed by atoms with E-state index in [9.17, 15) is 0 Å². The molecular weight excluding hydrogens is 164 g/mol. The summed E-state index contributed by atoms with van der Waals surface area (Å²) in [4.78, 5) is 0. The van der Waals surface area contributed by atoms with Crippen LogP contribution in [0.3, 0.4) is 0 Å². The summed E-state index contributed by atoms with van der Waals surface area (Å²) in [7, 11) is 0. The van der Waals surface area contributed by atoms with Crippen LogP contribution < -0.4 is 0 Å². The topological polar surface area (TPSA) is 26.3 Å². The summed E-state index contributed by atoms with van der Waals surface area (Å²) < 4.78 is 10.5. The molecule has 0 aromatic carbocycles. The van der Waals surface area contributed by atoms with E-state index in [1.165, 1.54) is 0 Å². The third-order valence-electron chi connectivity index (χ3n) is 1.66. The van der Waals surface area contributed by atoms with Crippen LogP contribution in [-0.2, 0) is 0 Å². The van der Waals surface area contributed by atoms with Crippen LogP contribution in [0.15, 0.2) is 14.9 Å². The molecule has 0 radical (unpaired) electrons. The Morgan fingerprint density at radius 2 is 2.00 bits per heavy atom. The smallest absolute Gasteiger partial charge is 0.200 e. The molecule has 0 N–H and O–H groups in total. The molecule has 2 nitrogen and oxygen atoms in total. The Kier molecular flexibility index (Phi) is 1.26. The molecule has 0 unspecified atom stereocenters. The minimum Gasteiger partial charge on any atom is -0.457 e. The van der Waals surface area contributed by atoms with Gasteiger partial charge in [-0.25, -0.2) is 0 Å². The summed E-state index contributed by atoms with van der Waals surface area (Å²) in [5.41, 5.74) is 2.35. The molecule has 58 valence electrons. The number of hydrogen-bond acceptors (Lipinski definition) is 2. The zero-order valence-electron chi connectivity index (χ0n) is 6.27. The number of hydrogen-bond donors (Lipinski definition) is 0. The molecule has 3 heteroatoms. The molecule has 0 fully saturated rings. The van der Waals surface area contributed by atoms with Crippen LogP contribution in [0, 0.1) is 13.8 Å². The number of rotatable bonds is 0. The van der Waals surface area contributed by atoms with E-state index in [-0.39, 0.29) is 0 Å². The van der Waals surface area contributed by atoms with E-state index in [0.717, 1.165) is 22.5 Å². The second-order valence-electron chi connectivity index (χ2n) is 2.55. The van der Waals surface area contributed by atoms with Crippen molar-refractivity contribution < 1.29 is 8.83 Å². The molecule has 0 amide bonds. The average Bonchev–Trinajstić information content (AvgIpc) is 2.37. The van der Waals surface area contributed by atoms with Gasteiger partial charge in [-0.1, -0.05) is 0 Å². The lowest BCUT2D eigenvalue weighted by Gasteiger charge is -1.82. The Balaban J connectivity index is 2.88. The van der Waals surface area contributed by atoms with E-state index >= 15 is 0 Å². The molecular formula is C8H7ClO2. The molecule has 0 aliphatic heterocycles. The van der Waals surface area contributed by atoms with Crippen molar-refractivity contribution in [2.24, 2.45) is 0 Å². The van der Waals surface area contributed by atoms with Gasteiger partial charge >= 0.3 is 0 Å². The Bertz CT molecular complexity index is 397. The van der Waals surface area contributed by atoms with Gasteiger partial charge in [-0.2, -0.15) is 0 Å². The number of fused-ring (bicyclic) bond motifs is 1. The van der Waals surface area contributed by atoms with Gasteiger partial charge in [0.2, 0.25) is 5.22 Å². The third kappa shape index (κ3) is 0.862. The fourth-order valence-corrected chi connectivity index (χ4v) is 1.26. The normalized spacial score (nSPS) is 11.2. The maximum Gasteiger partial charge on any atom is 0.200 e. The van der Waals surface area contributed by atoms with Gasteiger partial charge in [0.05, 0.1) is 5.56 Å². The Labute approximate surface area is 68.7 Å². The molecule has 0 saturated carbocycles. The Morgan fingerprint density at radius 3 is 2.64 bits per heavy atom. The van der Waals surface area contributed by atoms with Crippen molar-refractivity contribution in [1.82, 2.24) is 0 Å². The van der Waals surface area contributed by atoms with Gasteiger partial charge in [0, 0.05) is 6.07 Å². The first-order valence-corrected chi connectivity index (χ1v) is 3.71. The van der Waals surface area contributed by atoms with Crippen LogP contribution in [0.25, 0.3) is 11.2 Å². The summed E-state index contributed by atoms with van der Waals surface area (Å²) >= 11 is 5.72. The van der Waals surface area contributed by atoms with Crippen LogP contribution in [0.1, 0.15) is 11.3 Å². The highest BCUT2D eigenvalue weighted by Crippen LogP contribution is 2.30. The van der Waals surface area contributed by atoms with Crippen molar-refractivity contribution in [1.29, 1.82) is 0 Å². The average molecular weight is 171 g/mol. The molecule has 2 heterocycles. The predicted molar refractivity (Wildman–Crippen MR) is 43.0 cm³/mol. The number of aryl methyl sites for hydroxylation is 2. The number of halogens is 1. The van der Waals surface area contributed by atoms with E-state index < -0.39 is 0 Å². The highest BCUT2D eigenvalue weighted by Gasteiger charge is 2.11. The highest BCUT2D eigenvalue weighted by molar-refractivity contribution is 6.30. The van der Waals surface area contributed by atoms with E-state index in [2.05, 4.69) is 0 Å². The van der Waals surface area contributed by atoms with Crippen LogP contribution in [0.2, 0.25) is 5.22 Å². The monoisotopic (exact) mass is 170 g/mol. The van der Waals surface area contributed by atoms with E-state index in [1.54, 1.807) is 0 Å². The minimum atomic E-state index is 0.416. The molecule has 0 bridgehead atoms. The maximum atomic E-state index is 5.72. The van der Waals surface area contributed by atoms with E-state index in [1.807, 2.05) is 19.9 Å².